The zero-order valence-electron chi connectivity index (χ0n) is 27.2. The van der Waals surface area contributed by atoms with E-state index < -0.39 is 86.5 Å². The summed E-state index contributed by atoms with van der Waals surface area (Å²) in [5.74, 6) is -2.36. The van der Waals surface area contributed by atoms with Crippen molar-refractivity contribution in [3.05, 3.63) is 47.9 Å². The van der Waals surface area contributed by atoms with Gasteiger partial charge < -0.3 is 29.7 Å². The Kier molecular flexibility index (Phi) is 11.9. The minimum absolute atomic E-state index is 0.181. The zero-order chi connectivity index (χ0) is 35.4. The second kappa shape index (κ2) is 14.1. The van der Waals surface area contributed by atoms with Gasteiger partial charge in [0.2, 0.25) is 11.5 Å². The minimum Gasteiger partial charge on any atom is -0.458 e. The molecule has 0 aliphatic carbocycles. The fraction of sp³-hybridized carbons (Fsp3) is 0.600. The Morgan fingerprint density at radius 2 is 1.48 bits per heavy atom. The van der Waals surface area contributed by atoms with Crippen LogP contribution in [0.2, 0.25) is 0 Å². The van der Waals surface area contributed by atoms with Crippen LogP contribution in [0.15, 0.2) is 36.7 Å². The minimum atomic E-state index is -5.29. The first kappa shape index (κ1) is 38.7. The molecule has 0 spiro atoms. The van der Waals surface area contributed by atoms with Gasteiger partial charge in [-0.1, -0.05) is 12.1 Å². The highest BCUT2D eigenvalue weighted by molar-refractivity contribution is 7.92. The molecule has 1 aromatic carbocycles. The predicted octanol–water partition coefficient (Wildman–Crippen LogP) is 5.31. The highest BCUT2D eigenvalue weighted by Crippen LogP contribution is 2.41. The third-order valence-electron chi connectivity index (χ3n) is 6.22. The number of aliphatic hydroxyl groups is 2. The quantitative estimate of drug-likeness (QED) is 0.215. The highest BCUT2D eigenvalue weighted by atomic mass is 32.2. The summed E-state index contributed by atoms with van der Waals surface area (Å²) >= 11 is 0. The van der Waals surface area contributed by atoms with Crippen LogP contribution in [0.4, 0.5) is 18.0 Å². The van der Waals surface area contributed by atoms with Crippen molar-refractivity contribution in [1.82, 2.24) is 15.3 Å². The van der Waals surface area contributed by atoms with Gasteiger partial charge in [0, 0.05) is 27.7 Å². The van der Waals surface area contributed by atoms with Crippen molar-refractivity contribution in [2.45, 2.75) is 103 Å². The lowest BCUT2D eigenvalue weighted by molar-refractivity contribution is -0.269. The lowest BCUT2D eigenvalue weighted by Crippen LogP contribution is -2.47. The molecule has 46 heavy (non-hydrogen) atoms. The van der Waals surface area contributed by atoms with Crippen LogP contribution in [0.3, 0.4) is 0 Å². The number of ether oxygens (including phenoxy) is 3. The molecule has 2 unspecified atom stereocenters. The van der Waals surface area contributed by atoms with Gasteiger partial charge in [0.25, 0.3) is 0 Å². The smallest absolute Gasteiger partial charge is 0.423 e. The van der Waals surface area contributed by atoms with Gasteiger partial charge in [0.05, 0.1) is 23.7 Å². The molecule has 1 aromatic heterocycles. The maximum atomic E-state index is 14.2. The number of benzene rings is 1. The first-order valence-electron chi connectivity index (χ1n) is 14.3. The van der Waals surface area contributed by atoms with E-state index in [0.717, 1.165) is 6.20 Å². The number of halogens is 3. The second-order valence-corrected chi connectivity index (χ2v) is 15.7. The summed E-state index contributed by atoms with van der Waals surface area (Å²) in [6, 6.07) is 4.83. The van der Waals surface area contributed by atoms with Crippen LogP contribution in [-0.4, -0.2) is 71.4 Å². The molecule has 2 aromatic rings. The Morgan fingerprint density at radius 1 is 0.913 bits per heavy atom. The van der Waals surface area contributed by atoms with Crippen LogP contribution in [-0.2, 0) is 35.2 Å². The largest absolute Gasteiger partial charge is 0.458 e. The number of amides is 1. The van der Waals surface area contributed by atoms with Gasteiger partial charge in [0.1, 0.15) is 23.0 Å². The summed E-state index contributed by atoms with van der Waals surface area (Å²) in [5.41, 5.74) is -6.89. The van der Waals surface area contributed by atoms with Crippen LogP contribution in [0.5, 0.6) is 11.6 Å². The van der Waals surface area contributed by atoms with Crippen molar-refractivity contribution in [3.63, 3.8) is 0 Å². The Hall–Kier alpha value is -3.50. The van der Waals surface area contributed by atoms with Crippen molar-refractivity contribution < 1.29 is 51.4 Å². The molecule has 0 bridgehead atoms. The number of hydrogen-bond acceptors (Lipinski definition) is 11. The molecule has 258 valence electrons. The van der Waals surface area contributed by atoms with E-state index in [0.29, 0.717) is 11.8 Å². The van der Waals surface area contributed by atoms with Crippen LogP contribution < -0.4 is 10.1 Å². The van der Waals surface area contributed by atoms with Crippen LogP contribution >= 0.6 is 0 Å². The third kappa shape index (κ3) is 12.0. The molecular weight excluding hydrogens is 633 g/mol. The summed E-state index contributed by atoms with van der Waals surface area (Å²) in [5, 5.41) is 23.1. The molecule has 1 amide bonds. The van der Waals surface area contributed by atoms with Crippen molar-refractivity contribution in [2.24, 2.45) is 0 Å². The topological polar surface area (TPSA) is 181 Å². The van der Waals surface area contributed by atoms with Gasteiger partial charge in [-0.15, -0.1) is 0 Å². The van der Waals surface area contributed by atoms with Crippen LogP contribution in [0, 0.1) is 4.78 Å². The van der Waals surface area contributed by atoms with Gasteiger partial charge in [-0.25, -0.2) is 18.8 Å². The number of alkyl carbamates (subject to hydrolysis) is 1. The zero-order valence-corrected chi connectivity index (χ0v) is 28.0. The predicted molar refractivity (Wildman–Crippen MR) is 163 cm³/mol. The molecule has 0 saturated heterocycles. The normalized spacial score (nSPS) is 16.0. The summed E-state index contributed by atoms with van der Waals surface area (Å²) in [6.45, 7) is 12.7. The maximum Gasteiger partial charge on any atom is 0.423 e. The maximum absolute atomic E-state index is 14.2. The average molecular weight is 677 g/mol. The number of nitrogens with zero attached hydrogens (tertiary/aromatic N) is 2. The lowest BCUT2D eigenvalue weighted by Gasteiger charge is -2.30. The number of alkyl halides is 3. The summed E-state index contributed by atoms with van der Waals surface area (Å²) in [4.78, 5) is 32.6. The fourth-order valence-electron chi connectivity index (χ4n) is 3.84. The molecule has 0 fully saturated rings. The van der Waals surface area contributed by atoms with E-state index in [9.17, 15) is 37.2 Å². The second-order valence-electron chi connectivity index (χ2n) is 13.3. The van der Waals surface area contributed by atoms with Gasteiger partial charge >= 0.3 is 18.2 Å². The molecule has 3 atom stereocenters. The summed E-state index contributed by atoms with van der Waals surface area (Å²) in [7, 11) is -3.84. The summed E-state index contributed by atoms with van der Waals surface area (Å²) < 4.78 is 79.7. The Bertz CT molecular complexity index is 1450. The Labute approximate surface area is 267 Å². The summed E-state index contributed by atoms with van der Waals surface area (Å²) in [6.07, 6.45) is -6.34. The number of nitrogens with one attached hydrogen (secondary N) is 2. The number of carbonyl (C=O) groups is 2. The van der Waals surface area contributed by atoms with Gasteiger partial charge in [-0.05, 0) is 79.5 Å². The number of rotatable bonds is 12. The Morgan fingerprint density at radius 3 is 1.93 bits per heavy atom. The van der Waals surface area contributed by atoms with E-state index in [4.69, 9.17) is 19.0 Å². The van der Waals surface area contributed by atoms with E-state index in [1.165, 1.54) is 12.1 Å². The fourth-order valence-corrected chi connectivity index (χ4v) is 5.29. The van der Waals surface area contributed by atoms with Crippen molar-refractivity contribution in [2.75, 3.05) is 11.5 Å². The number of aromatic nitrogens is 2. The molecule has 0 saturated carbocycles. The van der Waals surface area contributed by atoms with Crippen LogP contribution in [0.25, 0.3) is 0 Å². The van der Waals surface area contributed by atoms with E-state index in [1.54, 1.807) is 67.5 Å². The van der Waals surface area contributed by atoms with E-state index in [-0.39, 0.29) is 11.6 Å². The molecule has 0 aliphatic heterocycles. The average Bonchev–Trinajstić information content (AvgIpc) is 2.87. The van der Waals surface area contributed by atoms with E-state index >= 15 is 0 Å². The lowest BCUT2D eigenvalue weighted by atomic mass is 9.96. The molecule has 0 radical (unpaired) electrons. The van der Waals surface area contributed by atoms with Crippen molar-refractivity contribution >= 4 is 21.8 Å². The SMILES string of the molecule is CC(C)(C)OC(=O)N[C@@H](CCS(=N)(=O)CCC(O)(c1cnc(Oc2ccc(C(C)(C)O)cc2)cn1)C(F)(F)F)C(=O)OC(C)(C)C. The molecule has 12 nitrogen and oxygen atoms in total. The van der Waals surface area contributed by atoms with Gasteiger partial charge in [0.15, 0.2) is 0 Å². The molecular formula is C30H43F3N4O8S. The van der Waals surface area contributed by atoms with Crippen LogP contribution in [0.1, 0.15) is 79.5 Å². The number of hydrogen-bond donors (Lipinski definition) is 4. The standard InChI is InChI=1S/C30H43F3N4O8S/c1-26(2,3)44-24(38)21(37-25(39)45-27(4,5)6)13-15-46(34,42)16-14-29(41,30(31,32)33)22-17-36-23(18-35-22)43-20-11-9-19(10-12-20)28(7,8)40/h9-12,17-18,21,34,40-41H,13-16H2,1-8H3,(H,37,39)/t21-,29?,46?/m0/s1. The van der Waals surface area contributed by atoms with Gasteiger partial charge in [-0.2, -0.15) is 13.2 Å². The van der Waals surface area contributed by atoms with Crippen molar-refractivity contribution in [3.8, 4) is 11.6 Å². The van der Waals surface area contributed by atoms with Gasteiger partial charge in [-0.3, -0.25) is 9.76 Å². The molecule has 0 aliphatic rings. The first-order valence-corrected chi connectivity index (χ1v) is 16.2. The monoisotopic (exact) mass is 676 g/mol. The molecule has 1 heterocycles. The van der Waals surface area contributed by atoms with E-state index in [2.05, 4.69) is 15.3 Å². The molecule has 16 heteroatoms. The number of esters is 1. The first-order chi connectivity index (χ1) is 20.7. The Balaban J connectivity index is 2.18. The van der Waals surface area contributed by atoms with E-state index in [1.807, 2.05) is 0 Å². The van der Waals surface area contributed by atoms with Crippen molar-refractivity contribution in [1.29, 1.82) is 4.78 Å². The third-order valence-corrected chi connectivity index (χ3v) is 7.97. The molecule has 4 N–H and O–H groups in total. The number of carbonyl (C=O) groups excluding carboxylic acids is 2. The highest BCUT2D eigenvalue weighted by Gasteiger charge is 2.56. The molecule has 2 rings (SSSR count).